The number of hydrogen-bond donors (Lipinski definition) is 3. The highest BCUT2D eigenvalue weighted by atomic mass is 16.2. The lowest BCUT2D eigenvalue weighted by Crippen LogP contribution is -2.41. The lowest BCUT2D eigenvalue weighted by molar-refractivity contribution is -0.126. The zero-order valence-electron chi connectivity index (χ0n) is 17.1. The van der Waals surface area contributed by atoms with Crippen molar-refractivity contribution in [2.45, 2.75) is 38.5 Å². The van der Waals surface area contributed by atoms with Gasteiger partial charge in [0.2, 0.25) is 17.8 Å². The van der Waals surface area contributed by atoms with E-state index in [0.717, 1.165) is 31.5 Å². The molecule has 158 valence electrons. The van der Waals surface area contributed by atoms with E-state index in [1.165, 1.54) is 0 Å². The zero-order chi connectivity index (χ0) is 21.1. The second kappa shape index (κ2) is 8.69. The van der Waals surface area contributed by atoms with E-state index >= 15 is 0 Å². The summed E-state index contributed by atoms with van der Waals surface area (Å²) in [6, 6.07) is 9.83. The largest absolute Gasteiger partial charge is 0.355 e. The Kier molecular flexibility index (Phi) is 5.83. The molecule has 1 saturated heterocycles. The third-order valence-corrected chi connectivity index (χ3v) is 5.77. The second-order valence-corrected chi connectivity index (χ2v) is 8.18. The molecule has 30 heavy (non-hydrogen) atoms. The number of carbonyl (C=O) groups excluding carboxylic acids is 2. The van der Waals surface area contributed by atoms with Gasteiger partial charge in [-0.15, -0.1) is 0 Å². The zero-order valence-corrected chi connectivity index (χ0v) is 17.1. The highest BCUT2D eigenvalue weighted by Gasteiger charge is 2.35. The number of nitrogens with zero attached hydrogens (tertiary/aromatic N) is 2. The molecule has 0 radical (unpaired) electrons. The van der Waals surface area contributed by atoms with E-state index < -0.39 is 5.92 Å². The Balaban J connectivity index is 1.51. The van der Waals surface area contributed by atoms with Crippen molar-refractivity contribution in [3.05, 3.63) is 51.8 Å². The summed E-state index contributed by atoms with van der Waals surface area (Å²) < 4.78 is 0. The fourth-order valence-corrected chi connectivity index (χ4v) is 4.21. The fourth-order valence-electron chi connectivity index (χ4n) is 4.21. The highest BCUT2D eigenvalue weighted by molar-refractivity contribution is 6.00. The summed E-state index contributed by atoms with van der Waals surface area (Å²) in [7, 11) is 0. The molecule has 2 amide bonds. The molecule has 0 bridgehead atoms. The number of fused-ring (bicyclic) bond motifs is 1. The second-order valence-electron chi connectivity index (χ2n) is 8.18. The van der Waals surface area contributed by atoms with Crippen LogP contribution in [0.15, 0.2) is 35.1 Å². The predicted octanol–water partition coefficient (Wildman–Crippen LogP) is 1.79. The number of carbonyl (C=O) groups is 2. The summed E-state index contributed by atoms with van der Waals surface area (Å²) in [6.45, 7) is 4.22. The van der Waals surface area contributed by atoms with Crippen LogP contribution in [0.2, 0.25) is 0 Å². The molecule has 8 nitrogen and oxygen atoms in total. The normalized spacial score (nSPS) is 21.0. The van der Waals surface area contributed by atoms with Crippen LogP contribution in [0, 0.1) is 5.92 Å². The van der Waals surface area contributed by atoms with Crippen LogP contribution >= 0.6 is 0 Å². The number of benzene rings is 1. The monoisotopic (exact) mass is 409 g/mol. The smallest absolute Gasteiger partial charge is 0.258 e. The minimum absolute atomic E-state index is 0.0605. The van der Waals surface area contributed by atoms with Crippen molar-refractivity contribution < 1.29 is 9.59 Å². The quantitative estimate of drug-likeness (QED) is 0.698. The molecule has 1 aromatic heterocycles. The maximum atomic E-state index is 12.9. The lowest BCUT2D eigenvalue weighted by Gasteiger charge is -2.32. The third-order valence-electron chi connectivity index (χ3n) is 5.77. The third kappa shape index (κ3) is 4.37. The standard InChI is InChI=1S/C22H27N5O3/c1-14-6-5-11-27(13-14)22-25-19-18(21(30)26-22)16(12-17(28)24-19)20(29)23-10-9-15-7-3-2-4-8-15/h2-4,7-8,14,16H,5-6,9-13H2,1H3,(H,23,29)(H2,24,25,26,28,30). The van der Waals surface area contributed by atoms with Crippen molar-refractivity contribution in [2.24, 2.45) is 5.92 Å². The van der Waals surface area contributed by atoms with Crippen molar-refractivity contribution in [2.75, 3.05) is 29.9 Å². The van der Waals surface area contributed by atoms with Gasteiger partial charge in [-0.3, -0.25) is 19.4 Å². The number of aromatic nitrogens is 2. The Bertz CT molecular complexity index is 988. The first-order valence-corrected chi connectivity index (χ1v) is 10.5. The molecule has 2 unspecified atom stereocenters. The summed E-state index contributed by atoms with van der Waals surface area (Å²) in [4.78, 5) is 47.3. The van der Waals surface area contributed by atoms with Crippen LogP contribution in [0.3, 0.4) is 0 Å². The van der Waals surface area contributed by atoms with Crippen molar-refractivity contribution in [3.63, 3.8) is 0 Å². The van der Waals surface area contributed by atoms with Gasteiger partial charge in [-0.2, -0.15) is 4.98 Å². The number of hydrogen-bond acceptors (Lipinski definition) is 5. The molecule has 0 spiro atoms. The minimum Gasteiger partial charge on any atom is -0.355 e. The van der Waals surface area contributed by atoms with E-state index in [1.54, 1.807) is 0 Å². The Morgan fingerprint density at radius 3 is 2.83 bits per heavy atom. The molecule has 0 saturated carbocycles. The Hall–Kier alpha value is -3.16. The van der Waals surface area contributed by atoms with E-state index in [0.29, 0.717) is 24.8 Å². The van der Waals surface area contributed by atoms with Crippen molar-refractivity contribution in [1.82, 2.24) is 15.3 Å². The molecule has 0 aliphatic carbocycles. The molecule has 1 aromatic carbocycles. The molecule has 1 fully saturated rings. The molecule has 2 aliphatic rings. The fraction of sp³-hybridized carbons (Fsp3) is 0.455. The maximum absolute atomic E-state index is 12.9. The Labute approximate surface area is 175 Å². The van der Waals surface area contributed by atoms with Crippen LogP contribution < -0.4 is 21.1 Å². The first-order valence-electron chi connectivity index (χ1n) is 10.5. The van der Waals surface area contributed by atoms with Gasteiger partial charge in [0, 0.05) is 26.1 Å². The van der Waals surface area contributed by atoms with Gasteiger partial charge in [-0.25, -0.2) is 0 Å². The number of anilines is 2. The molecular weight excluding hydrogens is 382 g/mol. The molecule has 4 rings (SSSR count). The average Bonchev–Trinajstić information content (AvgIpc) is 2.73. The van der Waals surface area contributed by atoms with E-state index in [-0.39, 0.29) is 35.2 Å². The predicted molar refractivity (Wildman–Crippen MR) is 115 cm³/mol. The van der Waals surface area contributed by atoms with E-state index in [9.17, 15) is 14.4 Å². The van der Waals surface area contributed by atoms with Crippen LogP contribution in [-0.4, -0.2) is 41.4 Å². The SMILES string of the molecule is CC1CCCN(c2nc3c(c(=O)[nH]2)C(C(=O)NCCc2ccccc2)CC(=O)N3)C1. The molecule has 3 heterocycles. The summed E-state index contributed by atoms with van der Waals surface area (Å²) in [5.41, 5.74) is 0.983. The highest BCUT2D eigenvalue weighted by Crippen LogP contribution is 2.30. The summed E-state index contributed by atoms with van der Waals surface area (Å²) >= 11 is 0. The number of amides is 2. The van der Waals surface area contributed by atoms with Gasteiger partial charge in [0.15, 0.2) is 0 Å². The van der Waals surface area contributed by atoms with Gasteiger partial charge in [-0.05, 0) is 30.7 Å². The number of aromatic amines is 1. The summed E-state index contributed by atoms with van der Waals surface area (Å²) in [6.07, 6.45) is 2.79. The van der Waals surface area contributed by atoms with Crippen LogP contribution in [-0.2, 0) is 16.0 Å². The van der Waals surface area contributed by atoms with Gasteiger partial charge in [-0.1, -0.05) is 37.3 Å². The summed E-state index contributed by atoms with van der Waals surface area (Å²) in [5.74, 6) is -0.300. The maximum Gasteiger partial charge on any atom is 0.258 e. The number of rotatable bonds is 5. The van der Waals surface area contributed by atoms with Crippen LogP contribution in [0.25, 0.3) is 0 Å². The van der Waals surface area contributed by atoms with Gasteiger partial charge >= 0.3 is 0 Å². The van der Waals surface area contributed by atoms with Crippen LogP contribution in [0.5, 0.6) is 0 Å². The van der Waals surface area contributed by atoms with Gasteiger partial charge in [0.1, 0.15) is 5.82 Å². The number of H-pyrrole nitrogens is 1. The van der Waals surface area contributed by atoms with E-state index in [1.807, 2.05) is 35.2 Å². The molecule has 2 atom stereocenters. The van der Waals surface area contributed by atoms with Crippen molar-refractivity contribution >= 4 is 23.6 Å². The van der Waals surface area contributed by atoms with Gasteiger partial charge < -0.3 is 15.5 Å². The molecular formula is C22H27N5O3. The van der Waals surface area contributed by atoms with E-state index in [2.05, 4.69) is 27.5 Å². The van der Waals surface area contributed by atoms with Crippen LogP contribution in [0.4, 0.5) is 11.8 Å². The van der Waals surface area contributed by atoms with Crippen molar-refractivity contribution in [3.8, 4) is 0 Å². The van der Waals surface area contributed by atoms with Gasteiger partial charge in [0.25, 0.3) is 5.56 Å². The topological polar surface area (TPSA) is 107 Å². The van der Waals surface area contributed by atoms with E-state index in [4.69, 9.17) is 0 Å². The Morgan fingerprint density at radius 2 is 2.07 bits per heavy atom. The van der Waals surface area contributed by atoms with Crippen molar-refractivity contribution in [1.29, 1.82) is 0 Å². The van der Waals surface area contributed by atoms with Gasteiger partial charge in [0.05, 0.1) is 11.5 Å². The molecule has 3 N–H and O–H groups in total. The molecule has 2 aliphatic heterocycles. The van der Waals surface area contributed by atoms with Crippen LogP contribution in [0.1, 0.15) is 43.2 Å². The first-order chi connectivity index (χ1) is 14.5. The molecule has 8 heteroatoms. The number of nitrogens with one attached hydrogen (secondary N) is 3. The average molecular weight is 409 g/mol. The Morgan fingerprint density at radius 1 is 1.27 bits per heavy atom. The molecule has 2 aromatic rings. The summed E-state index contributed by atoms with van der Waals surface area (Å²) in [5, 5.41) is 5.54. The lowest BCUT2D eigenvalue weighted by atomic mass is 9.92. The number of piperidine rings is 1. The minimum atomic E-state index is -0.838. The first kappa shape index (κ1) is 20.1.